The average molecular weight is 351 g/mol. The van der Waals surface area contributed by atoms with E-state index in [1.807, 2.05) is 38.1 Å². The van der Waals surface area contributed by atoms with Gasteiger partial charge in [0.25, 0.3) is 5.91 Å². The molecule has 0 aromatic heterocycles. The van der Waals surface area contributed by atoms with E-state index in [2.05, 4.69) is 29.6 Å². The van der Waals surface area contributed by atoms with E-state index in [4.69, 9.17) is 4.74 Å². The van der Waals surface area contributed by atoms with Gasteiger partial charge in [0.2, 0.25) is 0 Å². The van der Waals surface area contributed by atoms with Crippen LogP contribution in [0.25, 0.3) is 0 Å². The standard InChI is InChI=1S/C23H29NO2/c1-17(12-13-19-8-4-3-5-9-19)24-23(25)18(2)26-22-15-14-20-10-6-7-11-21(20)16-22/h3-5,8-9,14-18H,6-7,10-13H2,1-2H3,(H,24,25)/t17-,18-/m1/s1. The molecule has 1 amide bonds. The van der Waals surface area contributed by atoms with Crippen molar-refractivity contribution in [1.82, 2.24) is 5.32 Å². The zero-order valence-electron chi connectivity index (χ0n) is 15.8. The molecule has 0 aliphatic heterocycles. The molecule has 1 aliphatic rings. The molecule has 0 fully saturated rings. The average Bonchev–Trinajstić information content (AvgIpc) is 2.67. The third-order valence-electron chi connectivity index (χ3n) is 5.10. The Morgan fingerprint density at radius 1 is 1.04 bits per heavy atom. The SMILES string of the molecule is C[C@H](CCc1ccccc1)NC(=O)[C@@H](C)Oc1ccc2c(c1)CCCC2. The van der Waals surface area contributed by atoms with Crippen molar-refractivity contribution in [2.24, 2.45) is 0 Å². The smallest absolute Gasteiger partial charge is 0.260 e. The number of nitrogens with one attached hydrogen (secondary N) is 1. The molecule has 3 rings (SSSR count). The highest BCUT2D eigenvalue weighted by atomic mass is 16.5. The lowest BCUT2D eigenvalue weighted by Gasteiger charge is -2.21. The molecule has 0 bridgehead atoms. The van der Waals surface area contributed by atoms with E-state index < -0.39 is 6.10 Å². The molecule has 1 N–H and O–H groups in total. The Balaban J connectivity index is 1.48. The number of amides is 1. The second kappa shape index (κ2) is 8.88. The van der Waals surface area contributed by atoms with Crippen LogP contribution in [0.2, 0.25) is 0 Å². The maximum absolute atomic E-state index is 12.4. The van der Waals surface area contributed by atoms with Crippen LogP contribution in [0, 0.1) is 0 Å². The number of hydrogen-bond donors (Lipinski definition) is 1. The van der Waals surface area contributed by atoms with Gasteiger partial charge in [0, 0.05) is 6.04 Å². The topological polar surface area (TPSA) is 38.3 Å². The van der Waals surface area contributed by atoms with Crippen molar-refractivity contribution < 1.29 is 9.53 Å². The number of hydrogen-bond acceptors (Lipinski definition) is 2. The van der Waals surface area contributed by atoms with Gasteiger partial charge >= 0.3 is 0 Å². The lowest BCUT2D eigenvalue weighted by atomic mass is 9.92. The molecule has 26 heavy (non-hydrogen) atoms. The molecule has 0 saturated carbocycles. The minimum Gasteiger partial charge on any atom is -0.481 e. The first-order chi connectivity index (χ1) is 12.6. The van der Waals surface area contributed by atoms with E-state index in [1.165, 1.54) is 29.5 Å². The van der Waals surface area contributed by atoms with Gasteiger partial charge in [-0.05, 0) is 81.2 Å². The zero-order chi connectivity index (χ0) is 18.4. The van der Waals surface area contributed by atoms with E-state index >= 15 is 0 Å². The van der Waals surface area contributed by atoms with Crippen molar-refractivity contribution in [3.05, 3.63) is 65.2 Å². The number of carbonyl (C=O) groups is 1. The summed E-state index contributed by atoms with van der Waals surface area (Å²) in [7, 11) is 0. The third kappa shape index (κ3) is 5.10. The molecule has 0 spiro atoms. The first-order valence-electron chi connectivity index (χ1n) is 9.74. The van der Waals surface area contributed by atoms with Gasteiger partial charge in [-0.3, -0.25) is 4.79 Å². The molecule has 138 valence electrons. The quantitative estimate of drug-likeness (QED) is 0.799. The van der Waals surface area contributed by atoms with Crippen molar-refractivity contribution in [3.63, 3.8) is 0 Å². The highest BCUT2D eigenvalue weighted by Crippen LogP contribution is 2.25. The van der Waals surface area contributed by atoms with Crippen molar-refractivity contribution >= 4 is 5.91 Å². The van der Waals surface area contributed by atoms with Crippen LogP contribution in [-0.2, 0) is 24.1 Å². The van der Waals surface area contributed by atoms with E-state index in [9.17, 15) is 4.79 Å². The number of benzene rings is 2. The first-order valence-corrected chi connectivity index (χ1v) is 9.74. The lowest BCUT2D eigenvalue weighted by Crippen LogP contribution is -2.41. The van der Waals surface area contributed by atoms with Crippen LogP contribution in [0.5, 0.6) is 5.75 Å². The molecule has 2 atom stereocenters. The van der Waals surface area contributed by atoms with Crippen LogP contribution in [0.3, 0.4) is 0 Å². The summed E-state index contributed by atoms with van der Waals surface area (Å²) >= 11 is 0. The summed E-state index contributed by atoms with van der Waals surface area (Å²) < 4.78 is 5.89. The number of ether oxygens (including phenoxy) is 1. The predicted molar refractivity (Wildman–Crippen MR) is 106 cm³/mol. The van der Waals surface area contributed by atoms with E-state index in [0.717, 1.165) is 31.4 Å². The largest absolute Gasteiger partial charge is 0.481 e. The summed E-state index contributed by atoms with van der Waals surface area (Å²) in [6.45, 7) is 3.87. The monoisotopic (exact) mass is 351 g/mol. The van der Waals surface area contributed by atoms with Gasteiger partial charge in [0.1, 0.15) is 5.75 Å². The summed E-state index contributed by atoms with van der Waals surface area (Å²) in [6, 6.07) is 16.7. The van der Waals surface area contributed by atoms with E-state index in [1.54, 1.807) is 0 Å². The summed E-state index contributed by atoms with van der Waals surface area (Å²) in [6.07, 6.45) is 6.17. The van der Waals surface area contributed by atoms with Crippen LogP contribution < -0.4 is 10.1 Å². The van der Waals surface area contributed by atoms with Crippen molar-refractivity contribution in [3.8, 4) is 5.75 Å². The molecular formula is C23H29NO2. The molecule has 0 unspecified atom stereocenters. The molecule has 3 heteroatoms. The molecule has 3 nitrogen and oxygen atoms in total. The second-order valence-corrected chi connectivity index (χ2v) is 7.33. The van der Waals surface area contributed by atoms with Crippen LogP contribution >= 0.6 is 0 Å². The van der Waals surface area contributed by atoms with Gasteiger partial charge < -0.3 is 10.1 Å². The fraction of sp³-hybridized carbons (Fsp3) is 0.435. The first kappa shape index (κ1) is 18.5. The Bertz CT molecular complexity index is 726. The molecule has 1 aliphatic carbocycles. The van der Waals surface area contributed by atoms with Gasteiger partial charge in [-0.1, -0.05) is 36.4 Å². The fourth-order valence-electron chi connectivity index (χ4n) is 3.50. The molecule has 0 heterocycles. The summed E-state index contributed by atoms with van der Waals surface area (Å²) in [4.78, 5) is 12.4. The minimum atomic E-state index is -0.490. The van der Waals surface area contributed by atoms with Gasteiger partial charge in [0.15, 0.2) is 6.10 Å². The molecular weight excluding hydrogens is 322 g/mol. The highest BCUT2D eigenvalue weighted by Gasteiger charge is 2.18. The predicted octanol–water partition coefficient (Wildman–Crippen LogP) is 4.47. The maximum Gasteiger partial charge on any atom is 0.260 e. The number of rotatable bonds is 7. The number of aryl methyl sites for hydroxylation is 3. The Hall–Kier alpha value is -2.29. The Morgan fingerprint density at radius 2 is 1.77 bits per heavy atom. The molecule has 0 radical (unpaired) electrons. The second-order valence-electron chi connectivity index (χ2n) is 7.33. The van der Waals surface area contributed by atoms with Crippen LogP contribution in [0.1, 0.15) is 49.8 Å². The van der Waals surface area contributed by atoms with Gasteiger partial charge in [-0.2, -0.15) is 0 Å². The normalized spacial score (nSPS) is 15.6. The van der Waals surface area contributed by atoms with Crippen molar-refractivity contribution in [2.75, 3.05) is 0 Å². The maximum atomic E-state index is 12.4. The van der Waals surface area contributed by atoms with Crippen molar-refractivity contribution in [2.45, 2.75) is 64.5 Å². The van der Waals surface area contributed by atoms with Gasteiger partial charge in [-0.25, -0.2) is 0 Å². The molecule has 2 aromatic carbocycles. The summed E-state index contributed by atoms with van der Waals surface area (Å²) in [5, 5.41) is 3.07. The fourth-order valence-corrected chi connectivity index (χ4v) is 3.50. The van der Waals surface area contributed by atoms with Crippen LogP contribution in [0.4, 0.5) is 0 Å². The number of carbonyl (C=O) groups excluding carboxylic acids is 1. The third-order valence-corrected chi connectivity index (χ3v) is 5.10. The Kier molecular flexibility index (Phi) is 6.32. The van der Waals surface area contributed by atoms with Gasteiger partial charge in [0.05, 0.1) is 0 Å². The zero-order valence-corrected chi connectivity index (χ0v) is 15.8. The van der Waals surface area contributed by atoms with Crippen LogP contribution in [-0.4, -0.2) is 18.1 Å². The Labute approximate surface area is 156 Å². The van der Waals surface area contributed by atoms with E-state index in [-0.39, 0.29) is 11.9 Å². The summed E-state index contributed by atoms with van der Waals surface area (Å²) in [5.41, 5.74) is 4.10. The van der Waals surface area contributed by atoms with Gasteiger partial charge in [-0.15, -0.1) is 0 Å². The van der Waals surface area contributed by atoms with Crippen LogP contribution in [0.15, 0.2) is 48.5 Å². The lowest BCUT2D eigenvalue weighted by molar-refractivity contribution is -0.127. The molecule has 0 saturated heterocycles. The van der Waals surface area contributed by atoms with Crippen molar-refractivity contribution in [1.29, 1.82) is 0 Å². The minimum absolute atomic E-state index is 0.0525. The summed E-state index contributed by atoms with van der Waals surface area (Å²) in [5.74, 6) is 0.744. The highest BCUT2D eigenvalue weighted by molar-refractivity contribution is 5.81. The number of fused-ring (bicyclic) bond motifs is 1. The van der Waals surface area contributed by atoms with E-state index in [0.29, 0.717) is 0 Å². The molecule has 2 aromatic rings. The Morgan fingerprint density at radius 3 is 2.54 bits per heavy atom.